The van der Waals surface area contributed by atoms with Crippen molar-refractivity contribution in [3.8, 4) is 5.75 Å². The van der Waals surface area contributed by atoms with Crippen LogP contribution in [0, 0.1) is 0 Å². The molecule has 1 aliphatic rings. The Hall–Kier alpha value is -3.84. The van der Waals surface area contributed by atoms with E-state index in [-0.39, 0.29) is 17.7 Å². The number of nitrogens with one attached hydrogen (secondary N) is 2. The van der Waals surface area contributed by atoms with Crippen molar-refractivity contribution < 1.29 is 33.0 Å². The van der Waals surface area contributed by atoms with Gasteiger partial charge in [-0.15, -0.1) is 0 Å². The van der Waals surface area contributed by atoms with Crippen molar-refractivity contribution in [3.63, 3.8) is 0 Å². The lowest BCUT2D eigenvalue weighted by Gasteiger charge is -2.26. The minimum Gasteiger partial charge on any atom is -0.468 e. The highest BCUT2D eigenvalue weighted by Crippen LogP contribution is 2.49. The number of benzene rings is 3. The molecular formula is C30H29BrN3O9P. The van der Waals surface area contributed by atoms with Gasteiger partial charge < -0.3 is 19.1 Å². The van der Waals surface area contributed by atoms with Crippen LogP contribution in [-0.2, 0) is 23.4 Å². The average Bonchev–Trinajstić information content (AvgIpc) is 3.40. The molecule has 5 rings (SSSR count). The van der Waals surface area contributed by atoms with Gasteiger partial charge in [-0.2, -0.15) is 5.09 Å². The van der Waals surface area contributed by atoms with Crippen molar-refractivity contribution in [2.24, 2.45) is 0 Å². The number of hydrogen-bond acceptors (Lipinski definition) is 9. The number of fused-ring (bicyclic) bond motifs is 1. The molecule has 3 N–H and O–H groups in total. The van der Waals surface area contributed by atoms with E-state index in [2.05, 4.69) is 26.0 Å². The molecule has 1 aromatic heterocycles. The fraction of sp³-hybridized carbons (Fsp3) is 0.233. The Morgan fingerprint density at radius 2 is 1.89 bits per heavy atom. The van der Waals surface area contributed by atoms with Gasteiger partial charge in [-0.05, 0) is 28.1 Å². The molecule has 1 aliphatic heterocycles. The van der Waals surface area contributed by atoms with Crippen LogP contribution in [0.2, 0.25) is 0 Å². The summed E-state index contributed by atoms with van der Waals surface area (Å²) in [5.74, 6) is -0.502. The fourth-order valence-corrected chi connectivity index (χ4v) is 6.59. The summed E-state index contributed by atoms with van der Waals surface area (Å²) in [7, 11) is -3.20. The first kappa shape index (κ1) is 31.6. The van der Waals surface area contributed by atoms with Crippen molar-refractivity contribution in [2.45, 2.75) is 30.9 Å². The van der Waals surface area contributed by atoms with Gasteiger partial charge in [0, 0.05) is 18.0 Å². The van der Waals surface area contributed by atoms with Crippen LogP contribution in [-0.4, -0.2) is 46.6 Å². The number of H-pyrrole nitrogens is 1. The summed E-state index contributed by atoms with van der Waals surface area (Å²) in [6, 6.07) is 19.8. The van der Waals surface area contributed by atoms with Gasteiger partial charge in [-0.1, -0.05) is 82.7 Å². The molecule has 14 heteroatoms. The number of aromatic amines is 1. The molecule has 2 heterocycles. The van der Waals surface area contributed by atoms with Crippen molar-refractivity contribution in [2.75, 3.05) is 13.7 Å². The molecule has 4 unspecified atom stereocenters. The van der Waals surface area contributed by atoms with E-state index in [0.29, 0.717) is 10.9 Å². The van der Waals surface area contributed by atoms with Gasteiger partial charge >= 0.3 is 19.4 Å². The number of rotatable bonds is 11. The number of aliphatic hydroxyl groups is 1. The topological polar surface area (TPSA) is 158 Å². The van der Waals surface area contributed by atoms with Crippen molar-refractivity contribution in [1.29, 1.82) is 0 Å². The lowest BCUT2D eigenvalue weighted by atomic mass is 10.1. The van der Waals surface area contributed by atoms with Gasteiger partial charge in [0.15, 0.2) is 0 Å². The van der Waals surface area contributed by atoms with E-state index in [1.165, 1.54) is 24.4 Å². The lowest BCUT2D eigenvalue weighted by molar-refractivity contribution is -0.143. The molecule has 4 aromatic rings. The van der Waals surface area contributed by atoms with Crippen molar-refractivity contribution >= 4 is 46.5 Å². The smallest absolute Gasteiger partial charge is 0.459 e. The molecule has 0 radical (unpaired) electrons. The number of methoxy groups -OCH3 is 1. The molecule has 1 saturated heterocycles. The number of carbonyl (C=O) groups excluding carboxylic acids is 1. The molecule has 230 valence electrons. The number of ether oxygens (including phenoxy) is 2. The first-order chi connectivity index (χ1) is 21.2. The highest BCUT2D eigenvalue weighted by atomic mass is 79.9. The zero-order chi connectivity index (χ0) is 31.3. The van der Waals surface area contributed by atoms with Crippen LogP contribution in [0.5, 0.6) is 5.75 Å². The Morgan fingerprint density at radius 3 is 2.64 bits per heavy atom. The second kappa shape index (κ2) is 13.9. The Labute approximate surface area is 260 Å². The maximum absolute atomic E-state index is 14.4. The van der Waals surface area contributed by atoms with Gasteiger partial charge in [0.1, 0.15) is 24.1 Å². The third-order valence-electron chi connectivity index (χ3n) is 6.99. The Kier molecular flexibility index (Phi) is 9.94. The zero-order valence-corrected chi connectivity index (χ0v) is 25.8. The van der Waals surface area contributed by atoms with E-state index in [1.807, 2.05) is 18.2 Å². The minimum atomic E-state index is -4.41. The molecule has 3 aromatic carbocycles. The average molecular weight is 686 g/mol. The molecule has 0 spiro atoms. The Morgan fingerprint density at radius 1 is 1.16 bits per heavy atom. The summed E-state index contributed by atoms with van der Waals surface area (Å²) in [4.78, 5) is 41.2. The quantitative estimate of drug-likeness (QED) is 0.153. The predicted molar refractivity (Wildman–Crippen MR) is 166 cm³/mol. The molecule has 0 bridgehead atoms. The van der Waals surface area contributed by atoms with Crippen LogP contribution in [0.25, 0.3) is 16.8 Å². The summed E-state index contributed by atoms with van der Waals surface area (Å²) < 4.78 is 38.4. The SMILES string of the molecule is COC(=O)[C@@H](NP(=O)(OCC1OC(n2cc(/C=C/Br)c(=O)[nH]c2=O)CC1O)Oc1cccc2ccccc12)c1ccccc1. The number of nitrogens with zero attached hydrogens (tertiary/aromatic N) is 1. The molecule has 44 heavy (non-hydrogen) atoms. The monoisotopic (exact) mass is 685 g/mol. The van der Waals surface area contributed by atoms with E-state index in [1.54, 1.807) is 54.6 Å². The van der Waals surface area contributed by atoms with Crippen LogP contribution in [0.4, 0.5) is 0 Å². The van der Waals surface area contributed by atoms with E-state index >= 15 is 0 Å². The predicted octanol–water partition coefficient (Wildman–Crippen LogP) is 4.41. The molecule has 1 fully saturated rings. The van der Waals surface area contributed by atoms with Crippen LogP contribution in [0.1, 0.15) is 29.8 Å². The van der Waals surface area contributed by atoms with E-state index < -0.39 is 56.0 Å². The summed E-state index contributed by atoms with van der Waals surface area (Å²) in [5, 5.41) is 15.0. The first-order valence-electron chi connectivity index (χ1n) is 13.5. The molecule has 5 atom stereocenters. The van der Waals surface area contributed by atoms with E-state index in [0.717, 1.165) is 9.95 Å². The highest BCUT2D eigenvalue weighted by molar-refractivity contribution is 9.11. The number of esters is 1. The standard InChI is InChI=1S/C30H29BrN3O9P/c1-40-29(37)27(20-9-3-2-4-10-20)33-44(39,43-24-13-7-11-19-8-5-6-12-22(19)24)41-18-25-23(35)16-26(42-25)34-17-21(14-15-31)28(36)32-30(34)38/h2-15,17,23,25-27,35H,16,18H2,1H3,(H,33,39)(H,32,36,38)/b15-14+/t23?,25?,26?,27-,44?/m0/s1. The zero-order valence-electron chi connectivity index (χ0n) is 23.4. The van der Waals surface area contributed by atoms with Gasteiger partial charge in [-0.25, -0.2) is 14.2 Å². The van der Waals surface area contributed by atoms with Gasteiger partial charge in [0.05, 0.1) is 25.4 Å². The minimum absolute atomic E-state index is 0.0197. The highest BCUT2D eigenvalue weighted by Gasteiger charge is 2.40. The summed E-state index contributed by atoms with van der Waals surface area (Å²) >= 11 is 3.11. The number of aromatic nitrogens is 2. The van der Waals surface area contributed by atoms with Crippen molar-refractivity contribution in [3.05, 3.63) is 116 Å². The number of halogens is 1. The number of carbonyl (C=O) groups is 1. The Bertz CT molecular complexity index is 1820. The molecule has 12 nitrogen and oxygen atoms in total. The number of hydrogen-bond donors (Lipinski definition) is 3. The summed E-state index contributed by atoms with van der Waals surface area (Å²) in [6.07, 6.45) is -0.384. The van der Waals surface area contributed by atoms with Crippen LogP contribution >= 0.6 is 23.7 Å². The molecule has 0 aliphatic carbocycles. The Balaban J connectivity index is 1.43. The second-order valence-corrected chi connectivity index (χ2v) is 12.1. The van der Waals surface area contributed by atoms with Gasteiger partial charge in [0.2, 0.25) is 0 Å². The van der Waals surface area contributed by atoms with Gasteiger partial charge in [0.25, 0.3) is 5.56 Å². The molecular weight excluding hydrogens is 657 g/mol. The van der Waals surface area contributed by atoms with Crippen LogP contribution in [0.15, 0.2) is 93.6 Å². The van der Waals surface area contributed by atoms with Gasteiger partial charge in [-0.3, -0.25) is 18.9 Å². The molecule has 0 amide bonds. The molecule has 0 saturated carbocycles. The number of aliphatic hydroxyl groups excluding tert-OH is 1. The lowest BCUT2D eigenvalue weighted by Crippen LogP contribution is -2.34. The summed E-state index contributed by atoms with van der Waals surface area (Å²) in [6.45, 7) is -0.443. The third kappa shape index (κ3) is 7.10. The summed E-state index contributed by atoms with van der Waals surface area (Å²) in [5.41, 5.74) is -0.675. The largest absolute Gasteiger partial charge is 0.468 e. The van der Waals surface area contributed by atoms with E-state index in [4.69, 9.17) is 18.5 Å². The van der Waals surface area contributed by atoms with Crippen molar-refractivity contribution in [1.82, 2.24) is 14.6 Å². The normalized spacial score (nSPS) is 20.4. The third-order valence-corrected chi connectivity index (χ3v) is 8.75. The van der Waals surface area contributed by atoms with Crippen LogP contribution in [0.3, 0.4) is 0 Å². The fourth-order valence-electron chi connectivity index (χ4n) is 4.79. The maximum Gasteiger partial charge on any atom is 0.459 e. The maximum atomic E-state index is 14.4. The van der Waals surface area contributed by atoms with Crippen LogP contribution < -0.4 is 20.9 Å². The second-order valence-electron chi connectivity index (χ2n) is 9.83. The van der Waals surface area contributed by atoms with E-state index in [9.17, 15) is 24.1 Å². The first-order valence-corrected chi connectivity index (χ1v) is 16.0.